The molecule has 4 heteroatoms. The van der Waals surface area contributed by atoms with Crippen molar-refractivity contribution in [3.05, 3.63) is 34.7 Å². The first-order chi connectivity index (χ1) is 7.26. The summed E-state index contributed by atoms with van der Waals surface area (Å²) in [6, 6.07) is 7.12. The molecule has 0 radical (unpaired) electrons. The number of carbonyl (C=O) groups is 2. The van der Waals surface area contributed by atoms with Crippen molar-refractivity contribution in [1.29, 1.82) is 0 Å². The zero-order chi connectivity index (χ0) is 10.8. The van der Waals surface area contributed by atoms with Crippen LogP contribution in [0, 0.1) is 0 Å². The van der Waals surface area contributed by atoms with Gasteiger partial charge in [-0.25, -0.2) is 4.79 Å². The Bertz CT molecular complexity index is 528. The van der Waals surface area contributed by atoms with E-state index in [0.717, 1.165) is 16.4 Å². The van der Waals surface area contributed by atoms with E-state index in [0.29, 0.717) is 10.4 Å². The number of hydrogen-bond donors (Lipinski definition) is 0. The van der Waals surface area contributed by atoms with Crippen LogP contribution in [0.25, 0.3) is 10.1 Å². The predicted molar refractivity (Wildman–Crippen MR) is 58.6 cm³/mol. The fourth-order valence-corrected chi connectivity index (χ4v) is 2.43. The van der Waals surface area contributed by atoms with Crippen LogP contribution in [0.15, 0.2) is 24.3 Å². The number of carbonyl (C=O) groups excluding carboxylic acids is 2. The molecule has 0 saturated carbocycles. The second-order valence-electron chi connectivity index (χ2n) is 2.99. The molecule has 1 aromatic heterocycles. The normalized spacial score (nSPS) is 10.2. The summed E-state index contributed by atoms with van der Waals surface area (Å²) < 4.78 is 5.45. The predicted octanol–water partition coefficient (Wildman–Crippen LogP) is 2.50. The molecule has 0 fully saturated rings. The summed E-state index contributed by atoms with van der Waals surface area (Å²) in [4.78, 5) is 22.6. The maximum absolute atomic E-state index is 11.3. The highest BCUT2D eigenvalue weighted by Gasteiger charge is 2.11. The minimum atomic E-state index is -0.368. The van der Waals surface area contributed by atoms with Gasteiger partial charge in [-0.3, -0.25) is 4.79 Å². The number of methoxy groups -OCH3 is 1. The largest absolute Gasteiger partial charge is 0.465 e. The van der Waals surface area contributed by atoms with Crippen LogP contribution in [0.2, 0.25) is 0 Å². The summed E-state index contributed by atoms with van der Waals surface area (Å²) in [7, 11) is 1.34. The molecule has 0 aliphatic heterocycles. The quantitative estimate of drug-likeness (QED) is 0.577. The summed E-state index contributed by atoms with van der Waals surface area (Å²) in [6.45, 7) is 0. The highest BCUT2D eigenvalue weighted by molar-refractivity contribution is 7.21. The van der Waals surface area contributed by atoms with Crippen LogP contribution in [0.5, 0.6) is 0 Å². The van der Waals surface area contributed by atoms with Gasteiger partial charge in [-0.2, -0.15) is 0 Å². The first kappa shape index (κ1) is 9.86. The Kier molecular flexibility index (Phi) is 2.51. The van der Waals surface area contributed by atoms with Gasteiger partial charge in [0.1, 0.15) is 4.88 Å². The van der Waals surface area contributed by atoms with Gasteiger partial charge < -0.3 is 4.74 Å². The second kappa shape index (κ2) is 3.82. The van der Waals surface area contributed by atoms with Gasteiger partial charge in [-0.1, -0.05) is 18.2 Å². The minimum absolute atomic E-state index is 0.368. The standard InChI is InChI=1S/C11H8O3S/c1-14-11(13)9-5-7-3-2-4-8(6-12)10(7)15-9/h2-6H,1H3. The number of ether oxygens (including phenoxy) is 1. The zero-order valence-electron chi connectivity index (χ0n) is 8.02. The van der Waals surface area contributed by atoms with Crippen LogP contribution < -0.4 is 0 Å². The van der Waals surface area contributed by atoms with Crippen molar-refractivity contribution in [3.63, 3.8) is 0 Å². The summed E-state index contributed by atoms with van der Waals surface area (Å²) in [5, 5.41) is 0.894. The molecule has 0 unspecified atom stereocenters. The lowest BCUT2D eigenvalue weighted by molar-refractivity contribution is 0.0606. The SMILES string of the molecule is COC(=O)c1cc2cccc(C=O)c2s1. The van der Waals surface area contributed by atoms with E-state index in [1.807, 2.05) is 6.07 Å². The van der Waals surface area contributed by atoms with E-state index in [9.17, 15) is 9.59 Å². The van der Waals surface area contributed by atoms with Gasteiger partial charge in [-0.15, -0.1) is 11.3 Å². The fraction of sp³-hybridized carbons (Fsp3) is 0.0909. The van der Waals surface area contributed by atoms with Gasteiger partial charge in [0, 0.05) is 10.3 Å². The molecule has 0 N–H and O–H groups in total. The first-order valence-corrected chi connectivity index (χ1v) is 5.14. The Hall–Kier alpha value is -1.68. The van der Waals surface area contributed by atoms with Crippen LogP contribution in [0.4, 0.5) is 0 Å². The lowest BCUT2D eigenvalue weighted by Gasteiger charge is -1.91. The van der Waals surface area contributed by atoms with Crippen molar-refractivity contribution >= 4 is 33.7 Å². The van der Waals surface area contributed by atoms with E-state index in [1.165, 1.54) is 18.4 Å². The molecule has 0 saturated heterocycles. The van der Waals surface area contributed by atoms with Gasteiger partial charge in [0.15, 0.2) is 6.29 Å². The summed E-state index contributed by atoms with van der Waals surface area (Å²) >= 11 is 1.28. The van der Waals surface area contributed by atoms with Crippen LogP contribution in [0.3, 0.4) is 0 Å². The Balaban J connectivity index is 2.65. The van der Waals surface area contributed by atoms with E-state index >= 15 is 0 Å². The number of thiophene rings is 1. The average Bonchev–Trinajstić information content (AvgIpc) is 2.71. The van der Waals surface area contributed by atoms with Crippen molar-refractivity contribution in [2.45, 2.75) is 0 Å². The molecule has 1 heterocycles. The van der Waals surface area contributed by atoms with Crippen molar-refractivity contribution in [3.8, 4) is 0 Å². The molecular formula is C11H8O3S. The van der Waals surface area contributed by atoms with Crippen molar-refractivity contribution in [2.75, 3.05) is 7.11 Å². The molecule has 3 nitrogen and oxygen atoms in total. The fourth-order valence-electron chi connectivity index (χ4n) is 1.38. The lowest BCUT2D eigenvalue weighted by atomic mass is 10.2. The monoisotopic (exact) mass is 220 g/mol. The van der Waals surface area contributed by atoms with Crippen LogP contribution in [-0.2, 0) is 4.74 Å². The molecule has 0 bridgehead atoms. The minimum Gasteiger partial charge on any atom is -0.465 e. The summed E-state index contributed by atoms with van der Waals surface area (Å²) in [5.74, 6) is -0.368. The maximum atomic E-state index is 11.3. The van der Waals surface area contributed by atoms with Crippen molar-refractivity contribution < 1.29 is 14.3 Å². The third kappa shape index (κ3) is 1.64. The van der Waals surface area contributed by atoms with Gasteiger partial charge in [0.25, 0.3) is 0 Å². The Labute approximate surface area is 90.3 Å². The number of aldehydes is 1. The molecule has 0 aliphatic carbocycles. The van der Waals surface area contributed by atoms with Gasteiger partial charge in [-0.05, 0) is 11.5 Å². The summed E-state index contributed by atoms with van der Waals surface area (Å²) in [6.07, 6.45) is 0.792. The molecular weight excluding hydrogens is 212 g/mol. The zero-order valence-corrected chi connectivity index (χ0v) is 8.84. The smallest absolute Gasteiger partial charge is 0.348 e. The molecule has 15 heavy (non-hydrogen) atoms. The van der Waals surface area contributed by atoms with Crippen LogP contribution in [-0.4, -0.2) is 19.4 Å². The Morgan fingerprint density at radius 2 is 2.27 bits per heavy atom. The third-order valence-corrected chi connectivity index (χ3v) is 3.27. The third-order valence-electron chi connectivity index (χ3n) is 2.09. The van der Waals surface area contributed by atoms with Gasteiger partial charge in [0.05, 0.1) is 7.11 Å². The van der Waals surface area contributed by atoms with Crippen molar-refractivity contribution in [2.24, 2.45) is 0 Å². The van der Waals surface area contributed by atoms with E-state index in [-0.39, 0.29) is 5.97 Å². The number of rotatable bonds is 2. The Morgan fingerprint density at radius 3 is 2.93 bits per heavy atom. The second-order valence-corrected chi connectivity index (χ2v) is 4.04. The Morgan fingerprint density at radius 1 is 1.47 bits per heavy atom. The molecule has 0 amide bonds. The maximum Gasteiger partial charge on any atom is 0.348 e. The van der Waals surface area contributed by atoms with Crippen LogP contribution in [0.1, 0.15) is 20.0 Å². The highest BCUT2D eigenvalue weighted by Crippen LogP contribution is 2.28. The average molecular weight is 220 g/mol. The molecule has 76 valence electrons. The van der Waals surface area contributed by atoms with Gasteiger partial charge >= 0.3 is 5.97 Å². The topological polar surface area (TPSA) is 43.4 Å². The van der Waals surface area contributed by atoms with Gasteiger partial charge in [0.2, 0.25) is 0 Å². The molecule has 0 spiro atoms. The number of hydrogen-bond acceptors (Lipinski definition) is 4. The molecule has 1 aromatic carbocycles. The number of fused-ring (bicyclic) bond motifs is 1. The molecule has 0 atom stereocenters. The number of esters is 1. The molecule has 2 aromatic rings. The molecule has 2 rings (SSSR count). The summed E-state index contributed by atoms with van der Waals surface area (Å²) in [5.41, 5.74) is 0.604. The van der Waals surface area contributed by atoms with E-state index < -0.39 is 0 Å². The lowest BCUT2D eigenvalue weighted by Crippen LogP contribution is -1.96. The number of benzene rings is 1. The molecule has 0 aliphatic rings. The highest BCUT2D eigenvalue weighted by atomic mass is 32.1. The van der Waals surface area contributed by atoms with E-state index in [2.05, 4.69) is 4.74 Å². The van der Waals surface area contributed by atoms with E-state index in [1.54, 1.807) is 18.2 Å². The first-order valence-electron chi connectivity index (χ1n) is 4.32. The van der Waals surface area contributed by atoms with Crippen LogP contribution >= 0.6 is 11.3 Å². The van der Waals surface area contributed by atoms with Crippen molar-refractivity contribution in [1.82, 2.24) is 0 Å². The van der Waals surface area contributed by atoms with E-state index in [4.69, 9.17) is 0 Å².